The number of hydrogen-bond acceptors (Lipinski definition) is 2. The first-order valence-electron chi connectivity index (χ1n) is 7.31. The van der Waals surface area contributed by atoms with E-state index < -0.39 is 0 Å². The number of carbonyl (C=O) groups is 1. The number of aromatic hydroxyl groups is 1. The van der Waals surface area contributed by atoms with Crippen LogP contribution in [0.5, 0.6) is 5.75 Å². The molecule has 0 spiro atoms. The predicted octanol–water partition coefficient (Wildman–Crippen LogP) is 3.88. The molecule has 4 heteroatoms. The molecule has 2 aromatic carbocycles. The van der Waals surface area contributed by atoms with E-state index in [2.05, 4.69) is 10.3 Å². The fourth-order valence-electron chi connectivity index (χ4n) is 2.79. The second-order valence-electron chi connectivity index (χ2n) is 5.45. The molecule has 1 aliphatic rings. The largest absolute Gasteiger partial charge is 0.508 e. The van der Waals surface area contributed by atoms with E-state index in [1.807, 2.05) is 48.7 Å². The first-order valence-corrected chi connectivity index (χ1v) is 7.31. The van der Waals surface area contributed by atoms with E-state index in [4.69, 9.17) is 0 Å². The van der Waals surface area contributed by atoms with Gasteiger partial charge in [-0.2, -0.15) is 0 Å². The van der Waals surface area contributed by atoms with Crippen LogP contribution < -0.4 is 5.32 Å². The molecule has 0 saturated carbocycles. The van der Waals surface area contributed by atoms with Gasteiger partial charge in [-0.25, -0.2) is 0 Å². The molecule has 4 nitrogen and oxygen atoms in total. The first kappa shape index (κ1) is 13.4. The van der Waals surface area contributed by atoms with Crippen LogP contribution in [0.25, 0.3) is 22.8 Å². The van der Waals surface area contributed by atoms with E-state index in [0.29, 0.717) is 5.57 Å². The standard InChI is InChI=1S/C19H14N2O2/c22-15-5-1-3-12(9-15)13-6-7-16-17(11-14-4-2-8-20-14)19(23)21-18(16)10-13/h1-11,20,22H,(H,21,23)/b17-11-. The van der Waals surface area contributed by atoms with E-state index in [9.17, 15) is 9.90 Å². The summed E-state index contributed by atoms with van der Waals surface area (Å²) in [5, 5.41) is 12.5. The number of amides is 1. The number of carbonyl (C=O) groups excluding carboxylic acids is 1. The van der Waals surface area contributed by atoms with Crippen molar-refractivity contribution in [3.63, 3.8) is 0 Å². The van der Waals surface area contributed by atoms with E-state index in [-0.39, 0.29) is 11.7 Å². The van der Waals surface area contributed by atoms with E-state index >= 15 is 0 Å². The fourth-order valence-corrected chi connectivity index (χ4v) is 2.79. The Labute approximate surface area is 133 Å². The summed E-state index contributed by atoms with van der Waals surface area (Å²) in [5.41, 5.74) is 5.05. The quantitative estimate of drug-likeness (QED) is 0.629. The molecule has 3 aromatic rings. The predicted molar refractivity (Wildman–Crippen MR) is 90.8 cm³/mol. The number of hydrogen-bond donors (Lipinski definition) is 3. The molecule has 1 aliphatic heterocycles. The van der Waals surface area contributed by atoms with E-state index in [0.717, 1.165) is 28.1 Å². The van der Waals surface area contributed by atoms with Gasteiger partial charge >= 0.3 is 0 Å². The molecule has 0 saturated heterocycles. The molecule has 4 rings (SSSR count). The molecule has 1 aromatic heterocycles. The van der Waals surface area contributed by atoms with E-state index in [1.54, 1.807) is 18.2 Å². The number of aromatic nitrogens is 1. The molecule has 3 N–H and O–H groups in total. The zero-order chi connectivity index (χ0) is 15.8. The molecule has 0 aliphatic carbocycles. The van der Waals surface area contributed by atoms with Gasteiger partial charge in [0.25, 0.3) is 5.91 Å². The minimum atomic E-state index is -0.109. The summed E-state index contributed by atoms with van der Waals surface area (Å²) in [6.07, 6.45) is 3.67. The van der Waals surface area contributed by atoms with Crippen molar-refractivity contribution in [3.05, 3.63) is 72.1 Å². The third-order valence-corrected chi connectivity index (χ3v) is 3.90. The topological polar surface area (TPSA) is 65.1 Å². The second-order valence-corrected chi connectivity index (χ2v) is 5.45. The second kappa shape index (κ2) is 5.18. The van der Waals surface area contributed by atoms with Gasteiger partial charge in [-0.05, 0) is 47.5 Å². The number of H-pyrrole nitrogens is 1. The monoisotopic (exact) mass is 302 g/mol. The molecule has 0 radical (unpaired) electrons. The minimum absolute atomic E-state index is 0.109. The summed E-state index contributed by atoms with van der Waals surface area (Å²) in [7, 11) is 0. The zero-order valence-electron chi connectivity index (χ0n) is 12.2. The molecule has 23 heavy (non-hydrogen) atoms. The summed E-state index contributed by atoms with van der Waals surface area (Å²) in [4.78, 5) is 15.3. The van der Waals surface area contributed by atoms with Crippen LogP contribution in [0.4, 0.5) is 5.69 Å². The maximum atomic E-state index is 12.2. The van der Waals surface area contributed by atoms with Crippen molar-refractivity contribution in [2.24, 2.45) is 0 Å². The Morgan fingerprint density at radius 1 is 0.957 bits per heavy atom. The zero-order valence-corrected chi connectivity index (χ0v) is 12.2. The summed E-state index contributed by atoms with van der Waals surface area (Å²) >= 11 is 0. The molecule has 0 fully saturated rings. The van der Waals surface area contributed by atoms with Crippen LogP contribution in [0.2, 0.25) is 0 Å². The summed E-state index contributed by atoms with van der Waals surface area (Å²) in [5.74, 6) is 0.113. The number of anilines is 1. The molecular formula is C19H14N2O2. The first-order chi connectivity index (χ1) is 11.2. The van der Waals surface area contributed by atoms with Crippen molar-refractivity contribution >= 4 is 23.2 Å². The summed E-state index contributed by atoms with van der Waals surface area (Å²) < 4.78 is 0. The lowest BCUT2D eigenvalue weighted by molar-refractivity contribution is -0.110. The highest BCUT2D eigenvalue weighted by molar-refractivity contribution is 6.35. The Bertz CT molecular complexity index is 924. The number of benzene rings is 2. The van der Waals surface area contributed by atoms with Crippen molar-refractivity contribution in [1.82, 2.24) is 4.98 Å². The third kappa shape index (κ3) is 2.40. The van der Waals surface area contributed by atoms with Crippen molar-refractivity contribution in [3.8, 4) is 16.9 Å². The minimum Gasteiger partial charge on any atom is -0.508 e. The Hall–Kier alpha value is -3.27. The molecule has 112 valence electrons. The highest BCUT2D eigenvalue weighted by atomic mass is 16.3. The lowest BCUT2D eigenvalue weighted by atomic mass is 10.00. The lowest BCUT2D eigenvalue weighted by Crippen LogP contribution is -2.03. The lowest BCUT2D eigenvalue weighted by Gasteiger charge is -2.05. The van der Waals surface area contributed by atoms with Gasteiger partial charge in [-0.15, -0.1) is 0 Å². The number of aromatic amines is 1. The van der Waals surface area contributed by atoms with Crippen LogP contribution in [-0.2, 0) is 4.79 Å². The van der Waals surface area contributed by atoms with Gasteiger partial charge in [0.2, 0.25) is 0 Å². The van der Waals surface area contributed by atoms with Crippen molar-refractivity contribution < 1.29 is 9.90 Å². The maximum Gasteiger partial charge on any atom is 0.256 e. The molecule has 0 unspecified atom stereocenters. The van der Waals surface area contributed by atoms with Crippen LogP contribution in [0.3, 0.4) is 0 Å². The van der Waals surface area contributed by atoms with Crippen LogP contribution in [-0.4, -0.2) is 16.0 Å². The van der Waals surface area contributed by atoms with Gasteiger partial charge in [0.15, 0.2) is 0 Å². The average Bonchev–Trinajstić information content (AvgIpc) is 3.16. The van der Waals surface area contributed by atoms with Gasteiger partial charge < -0.3 is 15.4 Å². The van der Waals surface area contributed by atoms with Crippen molar-refractivity contribution in [1.29, 1.82) is 0 Å². The number of fused-ring (bicyclic) bond motifs is 1. The van der Waals surface area contributed by atoms with Crippen LogP contribution >= 0.6 is 0 Å². The SMILES string of the molecule is O=C1Nc2cc(-c3cccc(O)c3)ccc2/C1=C/c1ccc[nH]1. The van der Waals surface area contributed by atoms with Gasteiger partial charge in [0, 0.05) is 23.1 Å². The van der Waals surface area contributed by atoms with Crippen LogP contribution in [0, 0.1) is 0 Å². The number of phenols is 1. The number of phenolic OH excluding ortho intramolecular Hbond substituents is 1. The van der Waals surface area contributed by atoms with Gasteiger partial charge in [0.1, 0.15) is 5.75 Å². The smallest absolute Gasteiger partial charge is 0.256 e. The fraction of sp³-hybridized carbons (Fsp3) is 0. The van der Waals surface area contributed by atoms with Gasteiger partial charge in [-0.3, -0.25) is 4.79 Å². The Morgan fingerprint density at radius 2 is 1.83 bits per heavy atom. The van der Waals surface area contributed by atoms with Crippen LogP contribution in [0.1, 0.15) is 11.3 Å². The van der Waals surface area contributed by atoms with Gasteiger partial charge in [-0.1, -0.05) is 24.3 Å². The van der Waals surface area contributed by atoms with Crippen molar-refractivity contribution in [2.45, 2.75) is 0 Å². The molecule has 2 heterocycles. The molecule has 0 atom stereocenters. The molecule has 1 amide bonds. The summed E-state index contributed by atoms with van der Waals surface area (Å²) in [6.45, 7) is 0. The Kier molecular flexibility index (Phi) is 3.01. The highest BCUT2D eigenvalue weighted by Crippen LogP contribution is 2.36. The maximum absolute atomic E-state index is 12.2. The summed E-state index contributed by atoms with van der Waals surface area (Å²) in [6, 6.07) is 16.7. The Morgan fingerprint density at radius 3 is 2.61 bits per heavy atom. The molecular weight excluding hydrogens is 288 g/mol. The van der Waals surface area contributed by atoms with Gasteiger partial charge in [0.05, 0.1) is 5.57 Å². The van der Waals surface area contributed by atoms with Crippen molar-refractivity contribution in [2.75, 3.05) is 5.32 Å². The number of nitrogens with one attached hydrogen (secondary N) is 2. The third-order valence-electron chi connectivity index (χ3n) is 3.90. The average molecular weight is 302 g/mol. The van der Waals surface area contributed by atoms with Crippen LogP contribution in [0.15, 0.2) is 60.8 Å². The number of rotatable bonds is 2. The van der Waals surface area contributed by atoms with E-state index in [1.165, 1.54) is 0 Å². The highest BCUT2D eigenvalue weighted by Gasteiger charge is 2.24. The molecule has 0 bridgehead atoms. The Balaban J connectivity index is 1.77. The normalized spacial score (nSPS) is 14.8.